The van der Waals surface area contributed by atoms with E-state index in [1.165, 1.54) is 5.56 Å². The van der Waals surface area contributed by atoms with E-state index in [4.69, 9.17) is 17.0 Å². The Bertz CT molecular complexity index is 1240. The highest BCUT2D eigenvalue weighted by Gasteiger charge is 2.10. The second-order valence-electron chi connectivity index (χ2n) is 6.89. The molecule has 0 spiro atoms. The van der Waals surface area contributed by atoms with Crippen molar-refractivity contribution in [1.29, 1.82) is 0 Å². The number of nitrogens with one attached hydrogen (secondary N) is 2. The Morgan fingerprint density at radius 1 is 1.20 bits per heavy atom. The fourth-order valence-electron chi connectivity index (χ4n) is 3.16. The third-order valence-corrected chi connectivity index (χ3v) is 5.02. The zero-order chi connectivity index (χ0) is 21.1. The van der Waals surface area contributed by atoms with Gasteiger partial charge < -0.3 is 19.0 Å². The first-order valence-electron chi connectivity index (χ1n) is 9.63. The second-order valence-corrected chi connectivity index (χ2v) is 7.28. The maximum atomic E-state index is 12.4. The molecule has 30 heavy (non-hydrogen) atoms. The molecule has 0 atom stereocenters. The van der Waals surface area contributed by atoms with Crippen LogP contribution >= 0.6 is 12.2 Å². The minimum absolute atomic E-state index is 0.186. The van der Waals surface area contributed by atoms with Crippen LogP contribution in [0.2, 0.25) is 0 Å². The Morgan fingerprint density at radius 3 is 2.77 bits per heavy atom. The van der Waals surface area contributed by atoms with Crippen LogP contribution in [0.15, 0.2) is 48.8 Å². The van der Waals surface area contributed by atoms with Gasteiger partial charge in [-0.3, -0.25) is 9.89 Å². The molecule has 0 saturated carbocycles. The first kappa shape index (κ1) is 19.8. The summed E-state index contributed by atoms with van der Waals surface area (Å²) in [6.45, 7) is 5.36. The van der Waals surface area contributed by atoms with Crippen molar-refractivity contribution >= 4 is 23.8 Å². The monoisotopic (exact) mass is 422 g/mol. The number of carbonyl (C=O) groups is 1. The summed E-state index contributed by atoms with van der Waals surface area (Å²) in [7, 11) is 0. The Morgan fingerprint density at radius 2 is 2.00 bits per heavy atom. The molecule has 0 aliphatic heterocycles. The van der Waals surface area contributed by atoms with Crippen LogP contribution in [-0.4, -0.2) is 30.1 Å². The molecule has 0 aliphatic carbocycles. The predicted octanol–water partition coefficient (Wildman–Crippen LogP) is 3.43. The topological polar surface area (TPSA) is 89.2 Å². The van der Waals surface area contributed by atoms with Gasteiger partial charge in [0.15, 0.2) is 10.6 Å². The highest BCUT2D eigenvalue weighted by Crippen LogP contribution is 2.15. The van der Waals surface area contributed by atoms with E-state index in [0.717, 1.165) is 11.3 Å². The summed E-state index contributed by atoms with van der Waals surface area (Å²) >= 11 is 5.16. The van der Waals surface area contributed by atoms with Gasteiger partial charge in [-0.1, -0.05) is 6.07 Å². The number of aromatic amines is 1. The lowest BCUT2D eigenvalue weighted by Gasteiger charge is -2.08. The molecule has 8 nitrogen and oxygen atoms in total. The molecule has 0 radical (unpaired) electrons. The van der Waals surface area contributed by atoms with E-state index in [0.29, 0.717) is 41.6 Å². The average Bonchev–Trinajstić information content (AvgIpc) is 3.32. The van der Waals surface area contributed by atoms with Crippen LogP contribution in [0.4, 0.5) is 0 Å². The minimum Gasteiger partial charge on any atom is -0.487 e. The largest absolute Gasteiger partial charge is 0.487 e. The van der Waals surface area contributed by atoms with Crippen molar-refractivity contribution in [2.45, 2.75) is 33.5 Å². The van der Waals surface area contributed by atoms with E-state index in [-0.39, 0.29) is 5.91 Å². The summed E-state index contributed by atoms with van der Waals surface area (Å²) in [5, 5.41) is 9.74. The zero-order valence-electron chi connectivity index (χ0n) is 16.8. The maximum Gasteiger partial charge on any atom is 0.251 e. The number of carbonyl (C=O) groups excluding carboxylic acids is 1. The molecule has 0 saturated heterocycles. The van der Waals surface area contributed by atoms with Gasteiger partial charge in [0.1, 0.15) is 18.0 Å². The van der Waals surface area contributed by atoms with Crippen molar-refractivity contribution in [2.75, 3.05) is 0 Å². The molecule has 0 unspecified atom stereocenters. The molecule has 1 amide bonds. The molecular formula is C21H22N6O2S. The lowest BCUT2D eigenvalue weighted by molar-refractivity contribution is 0.0949. The number of rotatable bonds is 7. The van der Waals surface area contributed by atoms with Gasteiger partial charge in [-0.25, -0.2) is 4.98 Å². The normalized spacial score (nSPS) is 11.0. The maximum absolute atomic E-state index is 12.4. The standard InChI is InChI=1S/C21H22N6O2S/c1-3-27-19(24-25-21(27)30)10-22-20(28)15-5-7-17(8-6-15)29-13-16-12-26-11-14(2)4-9-18(26)23-16/h4-9,11-12H,3,10,13H2,1-2H3,(H,22,28)(H,25,30). The van der Waals surface area contributed by atoms with Crippen LogP contribution < -0.4 is 10.1 Å². The third kappa shape index (κ3) is 4.25. The second kappa shape index (κ2) is 8.50. The van der Waals surface area contributed by atoms with E-state index in [1.54, 1.807) is 24.3 Å². The highest BCUT2D eigenvalue weighted by molar-refractivity contribution is 7.71. The molecule has 3 aromatic heterocycles. The first-order valence-corrected chi connectivity index (χ1v) is 10.0. The van der Waals surface area contributed by atoms with Crippen molar-refractivity contribution in [3.8, 4) is 5.75 Å². The van der Waals surface area contributed by atoms with Crippen molar-refractivity contribution in [2.24, 2.45) is 0 Å². The van der Waals surface area contributed by atoms with Crippen LogP contribution in [-0.2, 0) is 19.7 Å². The Balaban J connectivity index is 1.34. The lowest BCUT2D eigenvalue weighted by Crippen LogP contribution is -2.24. The third-order valence-electron chi connectivity index (χ3n) is 4.71. The Hall–Kier alpha value is -3.46. The van der Waals surface area contributed by atoms with Crippen molar-refractivity contribution in [3.05, 3.63) is 76.2 Å². The van der Waals surface area contributed by atoms with Gasteiger partial charge in [0.2, 0.25) is 0 Å². The minimum atomic E-state index is -0.186. The summed E-state index contributed by atoms with van der Waals surface area (Å²) in [4.78, 5) is 16.9. The Kier molecular flexibility index (Phi) is 5.62. The average molecular weight is 423 g/mol. The number of fused-ring (bicyclic) bond motifs is 1. The summed E-state index contributed by atoms with van der Waals surface area (Å²) in [6, 6.07) is 11.0. The van der Waals surface area contributed by atoms with Crippen LogP contribution in [0, 0.1) is 11.7 Å². The number of pyridine rings is 1. The molecule has 0 bridgehead atoms. The van der Waals surface area contributed by atoms with Gasteiger partial charge in [0, 0.05) is 24.5 Å². The predicted molar refractivity (Wildman–Crippen MR) is 115 cm³/mol. The van der Waals surface area contributed by atoms with Crippen LogP contribution in [0.5, 0.6) is 5.75 Å². The van der Waals surface area contributed by atoms with E-state index >= 15 is 0 Å². The zero-order valence-corrected chi connectivity index (χ0v) is 17.6. The number of benzene rings is 1. The van der Waals surface area contributed by atoms with Gasteiger partial charge in [-0.05, 0) is 62.0 Å². The number of aryl methyl sites for hydroxylation is 1. The molecule has 0 aliphatic rings. The number of amides is 1. The van der Waals surface area contributed by atoms with E-state index in [1.807, 2.05) is 47.3 Å². The number of hydrogen-bond donors (Lipinski definition) is 2. The quantitative estimate of drug-likeness (QED) is 0.446. The Labute approximate surface area is 178 Å². The number of H-pyrrole nitrogens is 1. The fourth-order valence-corrected chi connectivity index (χ4v) is 3.44. The molecule has 4 rings (SSSR count). The highest BCUT2D eigenvalue weighted by atomic mass is 32.1. The van der Waals surface area contributed by atoms with Crippen molar-refractivity contribution in [1.82, 2.24) is 29.5 Å². The van der Waals surface area contributed by atoms with Gasteiger partial charge in [0.25, 0.3) is 5.91 Å². The number of imidazole rings is 1. The molecule has 9 heteroatoms. The summed E-state index contributed by atoms with van der Waals surface area (Å²) in [5.74, 6) is 1.18. The summed E-state index contributed by atoms with van der Waals surface area (Å²) in [6.07, 6.45) is 3.98. The summed E-state index contributed by atoms with van der Waals surface area (Å²) in [5.41, 5.74) is 3.44. The van der Waals surface area contributed by atoms with Crippen LogP contribution in [0.1, 0.15) is 34.4 Å². The molecule has 154 valence electrons. The van der Waals surface area contributed by atoms with E-state index in [9.17, 15) is 4.79 Å². The van der Waals surface area contributed by atoms with Crippen molar-refractivity contribution < 1.29 is 9.53 Å². The first-order chi connectivity index (χ1) is 14.5. The molecule has 0 fully saturated rings. The molecule has 1 aromatic carbocycles. The molecule has 4 aromatic rings. The summed E-state index contributed by atoms with van der Waals surface area (Å²) < 4.78 is 10.2. The van der Waals surface area contributed by atoms with Crippen LogP contribution in [0.25, 0.3) is 5.65 Å². The SMILES string of the molecule is CCn1c(CNC(=O)c2ccc(OCc3cn4cc(C)ccc4n3)cc2)n[nH]c1=S. The van der Waals surface area contributed by atoms with Gasteiger partial charge in [-0.2, -0.15) is 5.10 Å². The van der Waals surface area contributed by atoms with Crippen molar-refractivity contribution in [3.63, 3.8) is 0 Å². The number of aromatic nitrogens is 5. The molecule has 3 heterocycles. The van der Waals surface area contributed by atoms with E-state index in [2.05, 4.69) is 20.5 Å². The smallest absolute Gasteiger partial charge is 0.251 e. The number of nitrogens with zero attached hydrogens (tertiary/aromatic N) is 4. The lowest BCUT2D eigenvalue weighted by atomic mass is 10.2. The van der Waals surface area contributed by atoms with Gasteiger partial charge in [-0.15, -0.1) is 0 Å². The van der Waals surface area contributed by atoms with Gasteiger partial charge in [0.05, 0.1) is 12.2 Å². The molecular weight excluding hydrogens is 400 g/mol. The number of ether oxygens (including phenoxy) is 1. The number of hydrogen-bond acceptors (Lipinski definition) is 5. The van der Waals surface area contributed by atoms with Gasteiger partial charge >= 0.3 is 0 Å². The molecule has 2 N–H and O–H groups in total. The van der Waals surface area contributed by atoms with E-state index < -0.39 is 0 Å². The van der Waals surface area contributed by atoms with Crippen LogP contribution in [0.3, 0.4) is 0 Å². The fraction of sp³-hybridized carbons (Fsp3) is 0.238.